The lowest BCUT2D eigenvalue weighted by Crippen LogP contribution is -2.16. The highest BCUT2D eigenvalue weighted by Crippen LogP contribution is 2.25. The standard InChI is InChI=1S/C12H16FNO/c1-2-15-12-9(4-3-5-11(12)13)8-14-10-6-7-10/h3-5,10,14H,2,6-8H2,1H3. The maximum Gasteiger partial charge on any atom is 0.165 e. The lowest BCUT2D eigenvalue weighted by Gasteiger charge is -2.11. The molecule has 1 aliphatic rings. The van der Waals surface area contributed by atoms with Gasteiger partial charge in [0.2, 0.25) is 0 Å². The molecule has 0 spiro atoms. The van der Waals surface area contributed by atoms with Crippen LogP contribution in [-0.2, 0) is 6.54 Å². The van der Waals surface area contributed by atoms with E-state index in [1.54, 1.807) is 6.07 Å². The average molecular weight is 209 g/mol. The highest BCUT2D eigenvalue weighted by atomic mass is 19.1. The number of hydrogen-bond donors (Lipinski definition) is 1. The van der Waals surface area contributed by atoms with Crippen LogP contribution in [-0.4, -0.2) is 12.6 Å². The van der Waals surface area contributed by atoms with Crippen molar-refractivity contribution in [2.24, 2.45) is 0 Å². The van der Waals surface area contributed by atoms with Crippen molar-refractivity contribution < 1.29 is 9.13 Å². The molecule has 1 fully saturated rings. The van der Waals surface area contributed by atoms with Crippen molar-refractivity contribution in [3.8, 4) is 5.75 Å². The van der Waals surface area contributed by atoms with Gasteiger partial charge < -0.3 is 10.1 Å². The molecular weight excluding hydrogens is 193 g/mol. The third kappa shape index (κ3) is 2.69. The molecule has 15 heavy (non-hydrogen) atoms. The second-order valence-electron chi connectivity index (χ2n) is 3.82. The first-order chi connectivity index (χ1) is 7.31. The van der Waals surface area contributed by atoms with Crippen molar-refractivity contribution >= 4 is 0 Å². The van der Waals surface area contributed by atoms with E-state index in [1.807, 2.05) is 13.0 Å². The largest absolute Gasteiger partial charge is 0.490 e. The van der Waals surface area contributed by atoms with Crippen LogP contribution in [0.25, 0.3) is 0 Å². The molecule has 0 aliphatic heterocycles. The van der Waals surface area contributed by atoms with Crippen LogP contribution in [0.5, 0.6) is 5.75 Å². The van der Waals surface area contributed by atoms with Gasteiger partial charge in [0.1, 0.15) is 0 Å². The van der Waals surface area contributed by atoms with Crippen molar-refractivity contribution in [2.75, 3.05) is 6.61 Å². The zero-order valence-electron chi connectivity index (χ0n) is 8.92. The van der Waals surface area contributed by atoms with Gasteiger partial charge in [-0.3, -0.25) is 0 Å². The fourth-order valence-corrected chi connectivity index (χ4v) is 1.54. The first kappa shape index (κ1) is 10.4. The topological polar surface area (TPSA) is 21.3 Å². The average Bonchev–Trinajstić information content (AvgIpc) is 3.03. The van der Waals surface area contributed by atoms with Gasteiger partial charge in [-0.1, -0.05) is 12.1 Å². The van der Waals surface area contributed by atoms with Gasteiger partial charge in [-0.25, -0.2) is 4.39 Å². The summed E-state index contributed by atoms with van der Waals surface area (Å²) >= 11 is 0. The Balaban J connectivity index is 2.08. The summed E-state index contributed by atoms with van der Waals surface area (Å²) in [6.45, 7) is 3.06. The van der Waals surface area contributed by atoms with Gasteiger partial charge in [-0.2, -0.15) is 0 Å². The quantitative estimate of drug-likeness (QED) is 0.804. The van der Waals surface area contributed by atoms with Crippen LogP contribution in [0.15, 0.2) is 18.2 Å². The van der Waals surface area contributed by atoms with E-state index in [-0.39, 0.29) is 5.82 Å². The fraction of sp³-hybridized carbons (Fsp3) is 0.500. The molecule has 82 valence electrons. The van der Waals surface area contributed by atoms with Crippen LogP contribution in [0, 0.1) is 5.82 Å². The molecule has 0 radical (unpaired) electrons. The summed E-state index contributed by atoms with van der Waals surface area (Å²) in [5, 5.41) is 3.35. The van der Waals surface area contributed by atoms with Crippen LogP contribution >= 0.6 is 0 Å². The highest BCUT2D eigenvalue weighted by Gasteiger charge is 2.21. The monoisotopic (exact) mass is 209 g/mol. The van der Waals surface area contributed by atoms with Gasteiger partial charge >= 0.3 is 0 Å². The van der Waals surface area contributed by atoms with E-state index in [1.165, 1.54) is 18.9 Å². The van der Waals surface area contributed by atoms with Crippen LogP contribution in [0.3, 0.4) is 0 Å². The third-order valence-corrected chi connectivity index (χ3v) is 2.50. The van der Waals surface area contributed by atoms with E-state index in [0.717, 1.165) is 5.56 Å². The van der Waals surface area contributed by atoms with E-state index in [0.29, 0.717) is 24.9 Å². The van der Waals surface area contributed by atoms with Crippen molar-refractivity contribution in [3.63, 3.8) is 0 Å². The molecule has 0 amide bonds. The molecule has 0 bridgehead atoms. The highest BCUT2D eigenvalue weighted by molar-refractivity contribution is 5.35. The molecule has 2 rings (SSSR count). The summed E-state index contributed by atoms with van der Waals surface area (Å²) in [7, 11) is 0. The van der Waals surface area contributed by atoms with Gasteiger partial charge in [0.05, 0.1) is 6.61 Å². The van der Waals surface area contributed by atoms with Gasteiger partial charge in [-0.15, -0.1) is 0 Å². The zero-order valence-corrected chi connectivity index (χ0v) is 8.92. The summed E-state index contributed by atoms with van der Waals surface area (Å²) in [6, 6.07) is 5.69. The Labute approximate surface area is 89.4 Å². The van der Waals surface area contributed by atoms with Gasteiger partial charge in [-0.05, 0) is 25.8 Å². The number of benzene rings is 1. The lowest BCUT2D eigenvalue weighted by molar-refractivity contribution is 0.316. The molecular formula is C12H16FNO. The minimum absolute atomic E-state index is 0.271. The molecule has 1 N–H and O–H groups in total. The SMILES string of the molecule is CCOc1c(F)cccc1CNC1CC1. The summed E-state index contributed by atoms with van der Waals surface area (Å²) in [4.78, 5) is 0. The number of ether oxygens (including phenoxy) is 1. The summed E-state index contributed by atoms with van der Waals surface area (Å²) in [6.07, 6.45) is 2.47. The van der Waals surface area contributed by atoms with Crippen molar-refractivity contribution in [1.29, 1.82) is 0 Å². The molecule has 0 saturated heterocycles. The first-order valence-electron chi connectivity index (χ1n) is 5.45. The molecule has 2 nitrogen and oxygen atoms in total. The minimum Gasteiger partial charge on any atom is -0.490 e. The molecule has 3 heteroatoms. The Morgan fingerprint density at radius 3 is 2.93 bits per heavy atom. The number of para-hydroxylation sites is 1. The molecule has 1 aliphatic carbocycles. The minimum atomic E-state index is -0.271. The van der Waals surface area contributed by atoms with E-state index >= 15 is 0 Å². The molecule has 0 atom stereocenters. The lowest BCUT2D eigenvalue weighted by atomic mass is 10.2. The Bertz CT molecular complexity index is 336. The van der Waals surface area contributed by atoms with Crippen LogP contribution in [0.4, 0.5) is 4.39 Å². The van der Waals surface area contributed by atoms with Crippen LogP contribution < -0.4 is 10.1 Å². The number of hydrogen-bond acceptors (Lipinski definition) is 2. The maximum atomic E-state index is 13.4. The van der Waals surface area contributed by atoms with Gasteiger partial charge in [0, 0.05) is 18.2 Å². The molecule has 1 saturated carbocycles. The second-order valence-corrected chi connectivity index (χ2v) is 3.82. The Morgan fingerprint density at radius 1 is 1.47 bits per heavy atom. The molecule has 0 heterocycles. The van der Waals surface area contributed by atoms with Crippen LogP contribution in [0.2, 0.25) is 0 Å². The van der Waals surface area contributed by atoms with E-state index < -0.39 is 0 Å². The Morgan fingerprint density at radius 2 is 2.27 bits per heavy atom. The zero-order chi connectivity index (χ0) is 10.7. The number of rotatable bonds is 5. The summed E-state index contributed by atoms with van der Waals surface area (Å²) in [5.74, 6) is 0.125. The van der Waals surface area contributed by atoms with E-state index in [4.69, 9.17) is 4.74 Å². The number of nitrogens with one attached hydrogen (secondary N) is 1. The second kappa shape index (κ2) is 4.62. The van der Waals surface area contributed by atoms with Gasteiger partial charge in [0.15, 0.2) is 11.6 Å². The molecule has 0 unspecified atom stereocenters. The van der Waals surface area contributed by atoms with Crippen molar-refractivity contribution in [1.82, 2.24) is 5.32 Å². The summed E-state index contributed by atoms with van der Waals surface area (Å²) in [5.41, 5.74) is 0.906. The first-order valence-corrected chi connectivity index (χ1v) is 5.45. The molecule has 1 aromatic carbocycles. The Kier molecular flexibility index (Phi) is 3.21. The number of halogens is 1. The van der Waals surface area contributed by atoms with Crippen molar-refractivity contribution in [3.05, 3.63) is 29.6 Å². The van der Waals surface area contributed by atoms with E-state index in [9.17, 15) is 4.39 Å². The smallest absolute Gasteiger partial charge is 0.165 e. The predicted octanol–water partition coefficient (Wildman–Crippen LogP) is 2.48. The normalized spacial score (nSPS) is 15.3. The molecule has 1 aromatic rings. The van der Waals surface area contributed by atoms with Crippen molar-refractivity contribution in [2.45, 2.75) is 32.4 Å². The predicted molar refractivity (Wildman–Crippen MR) is 57.4 cm³/mol. The fourth-order valence-electron chi connectivity index (χ4n) is 1.54. The summed E-state index contributed by atoms with van der Waals surface area (Å²) < 4.78 is 18.7. The maximum absolute atomic E-state index is 13.4. The van der Waals surface area contributed by atoms with Crippen LogP contribution in [0.1, 0.15) is 25.3 Å². The third-order valence-electron chi connectivity index (χ3n) is 2.50. The Hall–Kier alpha value is -1.09. The van der Waals surface area contributed by atoms with E-state index in [2.05, 4.69) is 5.32 Å². The van der Waals surface area contributed by atoms with Gasteiger partial charge in [0.25, 0.3) is 0 Å². The molecule has 0 aromatic heterocycles.